The number of carbonyl (C=O) groups excluding carboxylic acids is 1. The van der Waals surface area contributed by atoms with Gasteiger partial charge in [0, 0.05) is 37.7 Å². The molecule has 3 aliphatic rings. The van der Waals surface area contributed by atoms with Crippen molar-refractivity contribution in [2.24, 2.45) is 0 Å². The predicted octanol–water partition coefficient (Wildman–Crippen LogP) is 2.97. The second-order valence-corrected chi connectivity index (χ2v) is 7.76. The van der Waals surface area contributed by atoms with Crippen LogP contribution in [0.5, 0.6) is 0 Å². The average molecular weight is 394 g/mol. The van der Waals surface area contributed by atoms with Gasteiger partial charge in [0.25, 0.3) is 0 Å². The Hall–Kier alpha value is -1.99. The van der Waals surface area contributed by atoms with Crippen molar-refractivity contribution in [3.8, 4) is 0 Å². The number of halogens is 1. The number of benzene rings is 1. The van der Waals surface area contributed by atoms with Gasteiger partial charge >= 0.3 is 12.1 Å². The third-order valence-electron chi connectivity index (χ3n) is 5.75. The zero-order valence-electron chi connectivity index (χ0n) is 15.2. The lowest BCUT2D eigenvalue weighted by Crippen LogP contribution is -2.49. The van der Waals surface area contributed by atoms with E-state index < -0.39 is 6.09 Å². The SMILES string of the molecule is O=C(N1CCOCC1)N1CCc2cc(Cl)cc([C@@H]3CCCN3C(=O)O)c2C1. The van der Waals surface area contributed by atoms with E-state index in [4.69, 9.17) is 16.3 Å². The van der Waals surface area contributed by atoms with Crippen LogP contribution in [-0.2, 0) is 17.7 Å². The zero-order chi connectivity index (χ0) is 19.0. The molecule has 0 aliphatic carbocycles. The van der Waals surface area contributed by atoms with Gasteiger partial charge in [-0.25, -0.2) is 9.59 Å². The largest absolute Gasteiger partial charge is 0.465 e. The molecule has 0 unspecified atom stereocenters. The fourth-order valence-electron chi connectivity index (χ4n) is 4.39. The average Bonchev–Trinajstić information content (AvgIpc) is 3.17. The van der Waals surface area contributed by atoms with E-state index in [-0.39, 0.29) is 12.1 Å². The van der Waals surface area contributed by atoms with Crippen molar-refractivity contribution in [3.05, 3.63) is 33.8 Å². The van der Waals surface area contributed by atoms with Gasteiger partial charge in [-0.3, -0.25) is 0 Å². The Kier molecular flexibility index (Phi) is 5.14. The fraction of sp³-hybridized carbons (Fsp3) is 0.579. The van der Waals surface area contributed by atoms with Gasteiger partial charge in [0.05, 0.1) is 19.3 Å². The van der Waals surface area contributed by atoms with E-state index in [1.165, 1.54) is 4.90 Å². The molecule has 146 valence electrons. The van der Waals surface area contributed by atoms with Crippen molar-refractivity contribution in [2.75, 3.05) is 39.4 Å². The zero-order valence-corrected chi connectivity index (χ0v) is 16.0. The van der Waals surface area contributed by atoms with E-state index in [2.05, 4.69) is 0 Å². The highest BCUT2D eigenvalue weighted by molar-refractivity contribution is 6.30. The molecule has 4 rings (SSSR count). The third kappa shape index (κ3) is 3.58. The summed E-state index contributed by atoms with van der Waals surface area (Å²) >= 11 is 6.34. The highest BCUT2D eigenvalue weighted by Gasteiger charge is 2.34. The van der Waals surface area contributed by atoms with Crippen LogP contribution in [0.15, 0.2) is 12.1 Å². The van der Waals surface area contributed by atoms with Crippen LogP contribution in [0.4, 0.5) is 9.59 Å². The van der Waals surface area contributed by atoms with E-state index in [0.717, 1.165) is 36.0 Å². The number of carboxylic acid groups (broad SMARTS) is 1. The Balaban J connectivity index is 1.62. The minimum Gasteiger partial charge on any atom is -0.465 e. The minimum absolute atomic E-state index is 0.0337. The van der Waals surface area contributed by atoms with Gasteiger partial charge < -0.3 is 24.5 Å². The Morgan fingerprint density at radius 1 is 1.11 bits per heavy atom. The predicted molar refractivity (Wildman–Crippen MR) is 100 cm³/mol. The number of rotatable bonds is 1. The summed E-state index contributed by atoms with van der Waals surface area (Å²) in [5, 5.41) is 10.2. The smallest absolute Gasteiger partial charge is 0.407 e. The van der Waals surface area contributed by atoms with E-state index in [1.807, 2.05) is 21.9 Å². The van der Waals surface area contributed by atoms with Crippen molar-refractivity contribution in [3.63, 3.8) is 0 Å². The Labute approximate surface area is 163 Å². The van der Waals surface area contributed by atoms with Gasteiger partial charge in [0.15, 0.2) is 0 Å². The van der Waals surface area contributed by atoms with Crippen molar-refractivity contribution in [1.29, 1.82) is 0 Å². The highest BCUT2D eigenvalue weighted by atomic mass is 35.5. The molecule has 7 nitrogen and oxygen atoms in total. The molecule has 3 amide bonds. The quantitative estimate of drug-likeness (QED) is 0.796. The van der Waals surface area contributed by atoms with Crippen LogP contribution >= 0.6 is 11.6 Å². The highest BCUT2D eigenvalue weighted by Crippen LogP contribution is 2.38. The van der Waals surface area contributed by atoms with Gasteiger partial charge in [-0.1, -0.05) is 11.6 Å². The molecule has 1 aromatic rings. The monoisotopic (exact) mass is 393 g/mol. The summed E-state index contributed by atoms with van der Waals surface area (Å²) in [6.45, 7) is 4.07. The molecule has 3 heterocycles. The van der Waals surface area contributed by atoms with Gasteiger partial charge in [0.1, 0.15) is 0 Å². The van der Waals surface area contributed by atoms with Crippen LogP contribution in [-0.4, -0.2) is 71.3 Å². The molecular formula is C19H24ClN3O4. The molecule has 0 spiro atoms. The molecule has 2 saturated heterocycles. The van der Waals surface area contributed by atoms with Gasteiger partial charge in [0.2, 0.25) is 0 Å². The molecule has 1 atom stereocenters. The summed E-state index contributed by atoms with van der Waals surface area (Å²) in [6.07, 6.45) is 1.47. The van der Waals surface area contributed by atoms with Crippen LogP contribution in [0, 0.1) is 0 Å². The first-order chi connectivity index (χ1) is 13.0. The van der Waals surface area contributed by atoms with Crippen molar-refractivity contribution >= 4 is 23.7 Å². The Morgan fingerprint density at radius 3 is 2.63 bits per heavy atom. The van der Waals surface area contributed by atoms with Crippen LogP contribution in [0.25, 0.3) is 0 Å². The number of carbonyl (C=O) groups is 2. The number of amides is 3. The van der Waals surface area contributed by atoms with Crippen LogP contribution in [0.3, 0.4) is 0 Å². The molecule has 1 N–H and O–H groups in total. The second kappa shape index (κ2) is 7.56. The maximum Gasteiger partial charge on any atom is 0.407 e. The van der Waals surface area contributed by atoms with Crippen LogP contribution in [0.1, 0.15) is 35.6 Å². The lowest BCUT2D eigenvalue weighted by molar-refractivity contribution is 0.0421. The first kappa shape index (κ1) is 18.4. The maximum absolute atomic E-state index is 12.9. The molecule has 0 radical (unpaired) electrons. The van der Waals surface area contributed by atoms with Gasteiger partial charge in [-0.2, -0.15) is 0 Å². The number of nitrogens with zero attached hydrogens (tertiary/aromatic N) is 3. The van der Waals surface area contributed by atoms with E-state index in [9.17, 15) is 14.7 Å². The van der Waals surface area contributed by atoms with Crippen molar-refractivity contribution in [1.82, 2.24) is 14.7 Å². The number of hydrogen-bond acceptors (Lipinski definition) is 3. The van der Waals surface area contributed by atoms with Crippen LogP contribution < -0.4 is 0 Å². The van der Waals surface area contributed by atoms with E-state index in [1.54, 1.807) is 0 Å². The molecule has 0 saturated carbocycles. The molecule has 8 heteroatoms. The summed E-state index contributed by atoms with van der Waals surface area (Å²) in [4.78, 5) is 29.7. The summed E-state index contributed by atoms with van der Waals surface area (Å²) in [5.74, 6) is 0. The standard InChI is InChI=1S/C19H24ClN3O4/c20-14-10-13-3-5-22(18(24)21-6-8-27-9-7-21)12-16(13)15(11-14)17-2-1-4-23(17)19(25)26/h10-11,17H,1-9,12H2,(H,25,26)/t17-/m0/s1. The fourth-order valence-corrected chi connectivity index (χ4v) is 4.64. The third-order valence-corrected chi connectivity index (χ3v) is 5.97. The normalized spacial score (nSPS) is 22.7. The number of morpholine rings is 1. The lowest BCUT2D eigenvalue weighted by Gasteiger charge is -2.37. The molecule has 0 aromatic heterocycles. The molecule has 3 aliphatic heterocycles. The summed E-state index contributed by atoms with van der Waals surface area (Å²) < 4.78 is 5.34. The topological polar surface area (TPSA) is 73.3 Å². The molecular weight excluding hydrogens is 370 g/mol. The number of fused-ring (bicyclic) bond motifs is 1. The molecule has 1 aromatic carbocycles. The lowest BCUT2D eigenvalue weighted by atomic mass is 9.90. The van der Waals surface area contributed by atoms with Crippen LogP contribution in [0.2, 0.25) is 5.02 Å². The molecule has 0 bridgehead atoms. The first-order valence-electron chi connectivity index (χ1n) is 9.47. The number of ether oxygens (including phenoxy) is 1. The molecule has 2 fully saturated rings. The summed E-state index contributed by atoms with van der Waals surface area (Å²) in [5.41, 5.74) is 3.14. The summed E-state index contributed by atoms with van der Waals surface area (Å²) in [7, 11) is 0. The summed E-state index contributed by atoms with van der Waals surface area (Å²) in [6, 6.07) is 3.69. The number of hydrogen-bond donors (Lipinski definition) is 1. The van der Waals surface area contributed by atoms with E-state index in [0.29, 0.717) is 51.0 Å². The van der Waals surface area contributed by atoms with Crippen molar-refractivity contribution in [2.45, 2.75) is 31.8 Å². The second-order valence-electron chi connectivity index (χ2n) is 7.32. The number of likely N-dealkylation sites (tertiary alicyclic amines) is 1. The number of urea groups is 1. The van der Waals surface area contributed by atoms with Gasteiger partial charge in [-0.15, -0.1) is 0 Å². The van der Waals surface area contributed by atoms with Gasteiger partial charge in [-0.05, 0) is 48.1 Å². The Morgan fingerprint density at radius 2 is 1.89 bits per heavy atom. The maximum atomic E-state index is 12.9. The van der Waals surface area contributed by atoms with E-state index >= 15 is 0 Å². The molecule has 27 heavy (non-hydrogen) atoms. The minimum atomic E-state index is -0.900. The first-order valence-corrected chi connectivity index (χ1v) is 9.85. The van der Waals surface area contributed by atoms with Crippen molar-refractivity contribution < 1.29 is 19.4 Å². The Bertz CT molecular complexity index is 751.